The van der Waals surface area contributed by atoms with Gasteiger partial charge in [-0.15, -0.1) is 0 Å². The van der Waals surface area contributed by atoms with Crippen LogP contribution >= 0.6 is 11.8 Å². The molecule has 1 aliphatic carbocycles. The van der Waals surface area contributed by atoms with E-state index in [1.165, 1.54) is 23.5 Å². The molecular formula is C16H23NO2S. The SMILES string of the molecule is COc1ccc(C2(N)CCC2)cc1OC1CCSCC1. The van der Waals surface area contributed by atoms with E-state index in [1.54, 1.807) is 7.11 Å². The van der Waals surface area contributed by atoms with Gasteiger partial charge in [0.2, 0.25) is 0 Å². The lowest BCUT2D eigenvalue weighted by Crippen LogP contribution is -2.43. The van der Waals surface area contributed by atoms with Crippen LogP contribution < -0.4 is 15.2 Å². The fraction of sp³-hybridized carbons (Fsp3) is 0.625. The Kier molecular flexibility index (Phi) is 4.13. The largest absolute Gasteiger partial charge is 0.493 e. The molecule has 1 aromatic rings. The van der Waals surface area contributed by atoms with E-state index < -0.39 is 0 Å². The first-order valence-electron chi connectivity index (χ1n) is 7.43. The third-order valence-corrected chi connectivity index (χ3v) is 5.50. The monoisotopic (exact) mass is 293 g/mol. The van der Waals surface area contributed by atoms with E-state index in [9.17, 15) is 0 Å². The van der Waals surface area contributed by atoms with Crippen LogP contribution in [0.4, 0.5) is 0 Å². The van der Waals surface area contributed by atoms with Gasteiger partial charge in [0.05, 0.1) is 7.11 Å². The summed E-state index contributed by atoms with van der Waals surface area (Å²) in [4.78, 5) is 0. The first-order valence-corrected chi connectivity index (χ1v) is 8.58. The van der Waals surface area contributed by atoms with E-state index in [-0.39, 0.29) is 5.54 Å². The van der Waals surface area contributed by atoms with E-state index >= 15 is 0 Å². The van der Waals surface area contributed by atoms with Crippen LogP contribution in [0.3, 0.4) is 0 Å². The predicted molar refractivity (Wildman–Crippen MR) is 83.7 cm³/mol. The van der Waals surface area contributed by atoms with Gasteiger partial charge in [-0.25, -0.2) is 0 Å². The van der Waals surface area contributed by atoms with Gasteiger partial charge in [-0.05, 0) is 61.3 Å². The molecule has 1 aliphatic heterocycles. The Morgan fingerprint density at radius 2 is 1.95 bits per heavy atom. The van der Waals surface area contributed by atoms with Crippen LogP contribution in [0.15, 0.2) is 18.2 Å². The topological polar surface area (TPSA) is 44.5 Å². The van der Waals surface area contributed by atoms with E-state index in [1.807, 2.05) is 17.8 Å². The average molecular weight is 293 g/mol. The Hall–Kier alpha value is -0.870. The normalized spacial score (nSPS) is 22.1. The molecule has 1 heterocycles. The lowest BCUT2D eigenvalue weighted by Gasteiger charge is -2.39. The minimum Gasteiger partial charge on any atom is -0.493 e. The Labute approximate surface area is 125 Å². The number of methoxy groups -OCH3 is 1. The summed E-state index contributed by atoms with van der Waals surface area (Å²) in [6.07, 6.45) is 5.91. The molecule has 1 saturated heterocycles. The highest BCUT2D eigenvalue weighted by Crippen LogP contribution is 2.42. The molecule has 0 bridgehead atoms. The molecule has 0 radical (unpaired) electrons. The van der Waals surface area contributed by atoms with Crippen LogP contribution in [0.5, 0.6) is 11.5 Å². The van der Waals surface area contributed by atoms with Gasteiger partial charge in [-0.3, -0.25) is 0 Å². The van der Waals surface area contributed by atoms with Crippen molar-refractivity contribution in [2.24, 2.45) is 5.73 Å². The summed E-state index contributed by atoms with van der Waals surface area (Å²) in [6, 6.07) is 6.18. The maximum atomic E-state index is 6.42. The summed E-state index contributed by atoms with van der Waals surface area (Å²) < 4.78 is 11.6. The van der Waals surface area contributed by atoms with Crippen LogP contribution in [-0.4, -0.2) is 24.7 Å². The highest BCUT2D eigenvalue weighted by atomic mass is 32.2. The molecule has 3 rings (SSSR count). The first kappa shape index (κ1) is 14.1. The van der Waals surface area contributed by atoms with Gasteiger partial charge < -0.3 is 15.2 Å². The standard InChI is InChI=1S/C16H23NO2S/c1-18-14-4-3-12(16(17)7-2-8-16)11-15(14)19-13-5-9-20-10-6-13/h3-4,11,13H,2,5-10,17H2,1H3. The molecule has 0 amide bonds. The summed E-state index contributed by atoms with van der Waals surface area (Å²) in [5.74, 6) is 4.05. The van der Waals surface area contributed by atoms with Gasteiger partial charge in [-0.2, -0.15) is 11.8 Å². The van der Waals surface area contributed by atoms with Crippen molar-refractivity contribution in [3.8, 4) is 11.5 Å². The lowest BCUT2D eigenvalue weighted by molar-refractivity contribution is 0.183. The maximum Gasteiger partial charge on any atom is 0.161 e. The minimum absolute atomic E-state index is 0.146. The van der Waals surface area contributed by atoms with Crippen molar-refractivity contribution in [3.05, 3.63) is 23.8 Å². The molecule has 2 N–H and O–H groups in total. The van der Waals surface area contributed by atoms with E-state index in [0.29, 0.717) is 6.10 Å². The van der Waals surface area contributed by atoms with Gasteiger partial charge in [0, 0.05) is 5.54 Å². The molecule has 2 fully saturated rings. The smallest absolute Gasteiger partial charge is 0.161 e. The molecule has 110 valence electrons. The second-order valence-corrected chi connectivity index (χ2v) is 7.03. The summed E-state index contributed by atoms with van der Waals surface area (Å²) in [6.45, 7) is 0. The molecule has 2 aliphatic rings. The maximum absolute atomic E-state index is 6.42. The molecule has 20 heavy (non-hydrogen) atoms. The van der Waals surface area contributed by atoms with Crippen molar-refractivity contribution < 1.29 is 9.47 Å². The number of hydrogen-bond donors (Lipinski definition) is 1. The van der Waals surface area contributed by atoms with Crippen LogP contribution in [0.2, 0.25) is 0 Å². The Bertz CT molecular complexity index is 468. The number of hydrogen-bond acceptors (Lipinski definition) is 4. The molecule has 1 saturated carbocycles. The van der Waals surface area contributed by atoms with E-state index in [0.717, 1.165) is 37.2 Å². The van der Waals surface area contributed by atoms with Crippen LogP contribution in [0.1, 0.15) is 37.7 Å². The van der Waals surface area contributed by atoms with Crippen LogP contribution in [-0.2, 0) is 5.54 Å². The van der Waals surface area contributed by atoms with E-state index in [4.69, 9.17) is 15.2 Å². The molecule has 1 aromatic carbocycles. The van der Waals surface area contributed by atoms with E-state index in [2.05, 4.69) is 12.1 Å². The van der Waals surface area contributed by atoms with Crippen molar-refractivity contribution >= 4 is 11.8 Å². The second kappa shape index (κ2) is 5.86. The summed E-state index contributed by atoms with van der Waals surface area (Å²) >= 11 is 2.01. The van der Waals surface area contributed by atoms with Crippen molar-refractivity contribution in [1.29, 1.82) is 0 Å². The van der Waals surface area contributed by atoms with Gasteiger partial charge in [0.1, 0.15) is 6.10 Å². The summed E-state index contributed by atoms with van der Waals surface area (Å²) in [5, 5.41) is 0. The zero-order valence-electron chi connectivity index (χ0n) is 12.1. The van der Waals surface area contributed by atoms with Gasteiger partial charge in [0.25, 0.3) is 0 Å². The Balaban J connectivity index is 1.81. The third-order valence-electron chi connectivity index (χ3n) is 4.45. The second-order valence-electron chi connectivity index (χ2n) is 5.80. The molecule has 0 spiro atoms. The number of benzene rings is 1. The molecule has 0 unspecified atom stereocenters. The lowest BCUT2D eigenvalue weighted by atomic mass is 9.73. The number of nitrogens with two attached hydrogens (primary N) is 1. The fourth-order valence-corrected chi connectivity index (χ4v) is 3.96. The van der Waals surface area contributed by atoms with Crippen molar-refractivity contribution in [2.45, 2.75) is 43.7 Å². The van der Waals surface area contributed by atoms with Crippen molar-refractivity contribution in [2.75, 3.05) is 18.6 Å². The van der Waals surface area contributed by atoms with Gasteiger partial charge >= 0.3 is 0 Å². The van der Waals surface area contributed by atoms with Crippen molar-refractivity contribution in [3.63, 3.8) is 0 Å². The Morgan fingerprint density at radius 1 is 1.20 bits per heavy atom. The Morgan fingerprint density at radius 3 is 2.55 bits per heavy atom. The summed E-state index contributed by atoms with van der Waals surface area (Å²) in [7, 11) is 1.69. The first-order chi connectivity index (χ1) is 9.71. The van der Waals surface area contributed by atoms with Crippen LogP contribution in [0.25, 0.3) is 0 Å². The molecular weight excluding hydrogens is 270 g/mol. The zero-order valence-corrected chi connectivity index (χ0v) is 12.9. The molecule has 0 aromatic heterocycles. The predicted octanol–water partition coefficient (Wildman–Crippen LogP) is 3.31. The minimum atomic E-state index is -0.146. The fourth-order valence-electron chi connectivity index (χ4n) is 2.90. The highest BCUT2D eigenvalue weighted by molar-refractivity contribution is 7.99. The number of rotatable bonds is 4. The van der Waals surface area contributed by atoms with Crippen molar-refractivity contribution in [1.82, 2.24) is 0 Å². The van der Waals surface area contributed by atoms with Crippen LogP contribution in [0, 0.1) is 0 Å². The highest BCUT2D eigenvalue weighted by Gasteiger charge is 2.35. The van der Waals surface area contributed by atoms with Gasteiger partial charge in [-0.1, -0.05) is 6.07 Å². The summed E-state index contributed by atoms with van der Waals surface area (Å²) in [5.41, 5.74) is 7.46. The third kappa shape index (κ3) is 2.77. The molecule has 0 atom stereocenters. The molecule has 4 heteroatoms. The number of ether oxygens (including phenoxy) is 2. The molecule has 3 nitrogen and oxygen atoms in total. The zero-order chi connectivity index (χ0) is 14.0. The number of thioether (sulfide) groups is 1. The average Bonchev–Trinajstić information content (AvgIpc) is 2.46. The van der Waals surface area contributed by atoms with Gasteiger partial charge in [0.15, 0.2) is 11.5 Å². The quantitative estimate of drug-likeness (QED) is 0.925.